The minimum atomic E-state index is -0.0521. The summed E-state index contributed by atoms with van der Waals surface area (Å²) in [6.07, 6.45) is 4.20. The fraction of sp³-hybridized carbons (Fsp3) is 0.286. The van der Waals surface area contributed by atoms with Crippen molar-refractivity contribution >= 4 is 23.2 Å². The van der Waals surface area contributed by atoms with Crippen molar-refractivity contribution in [3.63, 3.8) is 0 Å². The molecular weight excluding hydrogens is 372 g/mol. The molecule has 28 heavy (non-hydrogen) atoms. The quantitative estimate of drug-likeness (QED) is 0.674. The number of aromatic amines is 1. The average Bonchev–Trinajstić information content (AvgIpc) is 3.47. The Morgan fingerprint density at radius 1 is 1.18 bits per heavy atom. The molecule has 6 nitrogen and oxygen atoms in total. The average molecular weight is 394 g/mol. The molecule has 1 aromatic carbocycles. The Labute approximate surface area is 167 Å². The third kappa shape index (κ3) is 4.31. The SMILES string of the molecule is O=C(Cc1nc(-c2c[nH]c(C(=O)N3CCCC3)c2)cs1)NCc1ccccc1. The predicted octanol–water partition coefficient (Wildman–Crippen LogP) is 3.23. The molecule has 0 radical (unpaired) electrons. The molecule has 3 aromatic rings. The summed E-state index contributed by atoms with van der Waals surface area (Å²) in [6.45, 7) is 2.16. The monoisotopic (exact) mass is 394 g/mol. The number of hydrogen-bond donors (Lipinski definition) is 2. The van der Waals surface area contributed by atoms with Crippen LogP contribution < -0.4 is 5.32 Å². The van der Waals surface area contributed by atoms with Gasteiger partial charge in [0.1, 0.15) is 10.7 Å². The number of nitrogens with zero attached hydrogens (tertiary/aromatic N) is 2. The largest absolute Gasteiger partial charge is 0.357 e. The van der Waals surface area contributed by atoms with Gasteiger partial charge in [-0.25, -0.2) is 4.98 Å². The van der Waals surface area contributed by atoms with Gasteiger partial charge in [0, 0.05) is 36.8 Å². The van der Waals surface area contributed by atoms with Gasteiger partial charge < -0.3 is 15.2 Å². The van der Waals surface area contributed by atoms with Gasteiger partial charge in [-0.15, -0.1) is 11.3 Å². The number of carbonyl (C=O) groups excluding carboxylic acids is 2. The van der Waals surface area contributed by atoms with Crippen LogP contribution in [0.1, 0.15) is 33.9 Å². The highest BCUT2D eigenvalue weighted by Gasteiger charge is 2.21. The van der Waals surface area contributed by atoms with Crippen molar-refractivity contribution in [1.29, 1.82) is 0 Å². The van der Waals surface area contributed by atoms with Crippen molar-refractivity contribution in [2.24, 2.45) is 0 Å². The molecule has 0 atom stereocenters. The molecule has 1 aliphatic heterocycles. The van der Waals surface area contributed by atoms with Gasteiger partial charge in [-0.2, -0.15) is 0 Å². The number of likely N-dealkylation sites (tertiary alicyclic amines) is 1. The summed E-state index contributed by atoms with van der Waals surface area (Å²) in [5.74, 6) is -0.0109. The molecular formula is C21H22N4O2S. The lowest BCUT2D eigenvalue weighted by molar-refractivity contribution is -0.120. The van der Waals surface area contributed by atoms with Gasteiger partial charge in [0.25, 0.3) is 5.91 Å². The van der Waals surface area contributed by atoms with Crippen molar-refractivity contribution in [2.75, 3.05) is 13.1 Å². The van der Waals surface area contributed by atoms with Crippen LogP contribution in [0.4, 0.5) is 0 Å². The summed E-state index contributed by atoms with van der Waals surface area (Å²) in [4.78, 5) is 34.1. The number of rotatable bonds is 6. The second-order valence-corrected chi connectivity index (χ2v) is 7.81. The molecule has 2 N–H and O–H groups in total. The molecule has 0 bridgehead atoms. The summed E-state index contributed by atoms with van der Waals surface area (Å²) in [6, 6.07) is 11.7. The zero-order valence-corrected chi connectivity index (χ0v) is 16.3. The third-order valence-electron chi connectivity index (χ3n) is 4.80. The van der Waals surface area contributed by atoms with Gasteiger partial charge >= 0.3 is 0 Å². The van der Waals surface area contributed by atoms with E-state index in [1.165, 1.54) is 11.3 Å². The second kappa shape index (κ2) is 8.39. The van der Waals surface area contributed by atoms with Crippen LogP contribution in [0, 0.1) is 0 Å². The lowest BCUT2D eigenvalue weighted by Gasteiger charge is -2.13. The summed E-state index contributed by atoms with van der Waals surface area (Å²) >= 11 is 1.46. The molecule has 1 aliphatic rings. The Morgan fingerprint density at radius 3 is 2.75 bits per heavy atom. The van der Waals surface area contributed by atoms with E-state index in [0.717, 1.165) is 47.8 Å². The predicted molar refractivity (Wildman–Crippen MR) is 109 cm³/mol. The van der Waals surface area contributed by atoms with Gasteiger partial charge in [-0.1, -0.05) is 30.3 Å². The van der Waals surface area contributed by atoms with E-state index in [1.54, 1.807) is 6.20 Å². The fourth-order valence-electron chi connectivity index (χ4n) is 3.28. The van der Waals surface area contributed by atoms with Gasteiger partial charge in [0.2, 0.25) is 5.91 Å². The first-order valence-electron chi connectivity index (χ1n) is 9.42. The van der Waals surface area contributed by atoms with Crippen LogP contribution in [0.3, 0.4) is 0 Å². The Morgan fingerprint density at radius 2 is 1.96 bits per heavy atom. The van der Waals surface area contributed by atoms with Crippen LogP contribution >= 0.6 is 11.3 Å². The minimum absolute atomic E-state index is 0.0412. The molecule has 3 heterocycles. The van der Waals surface area contributed by atoms with E-state index in [-0.39, 0.29) is 18.2 Å². The zero-order chi connectivity index (χ0) is 19.3. The number of benzene rings is 1. The number of H-pyrrole nitrogens is 1. The number of carbonyl (C=O) groups is 2. The summed E-state index contributed by atoms with van der Waals surface area (Å²) < 4.78 is 0. The molecule has 2 amide bonds. The number of aromatic nitrogens is 2. The molecule has 7 heteroatoms. The lowest BCUT2D eigenvalue weighted by Crippen LogP contribution is -2.27. The zero-order valence-electron chi connectivity index (χ0n) is 15.5. The van der Waals surface area contributed by atoms with E-state index in [9.17, 15) is 9.59 Å². The van der Waals surface area contributed by atoms with Crippen molar-refractivity contribution < 1.29 is 9.59 Å². The van der Waals surface area contributed by atoms with Crippen molar-refractivity contribution in [2.45, 2.75) is 25.8 Å². The first-order chi connectivity index (χ1) is 13.7. The molecule has 1 saturated heterocycles. The Kier molecular flexibility index (Phi) is 5.53. The van der Waals surface area contributed by atoms with Gasteiger partial charge in [-0.05, 0) is 24.5 Å². The normalized spacial score (nSPS) is 13.6. The van der Waals surface area contributed by atoms with Crippen LogP contribution in [-0.4, -0.2) is 39.8 Å². The molecule has 4 rings (SSSR count). The summed E-state index contributed by atoms with van der Waals surface area (Å²) in [7, 11) is 0. The van der Waals surface area contributed by atoms with Crippen LogP contribution in [0.25, 0.3) is 11.3 Å². The third-order valence-corrected chi connectivity index (χ3v) is 5.65. The van der Waals surface area contributed by atoms with Crippen LogP contribution in [-0.2, 0) is 17.8 Å². The molecule has 0 unspecified atom stereocenters. The number of hydrogen-bond acceptors (Lipinski definition) is 4. The fourth-order valence-corrected chi connectivity index (χ4v) is 4.08. The second-order valence-electron chi connectivity index (χ2n) is 6.87. The number of thiazole rings is 1. The Hall–Kier alpha value is -2.93. The lowest BCUT2D eigenvalue weighted by atomic mass is 10.2. The minimum Gasteiger partial charge on any atom is -0.357 e. The van der Waals surface area contributed by atoms with E-state index in [4.69, 9.17) is 0 Å². The van der Waals surface area contributed by atoms with Crippen LogP contribution in [0.5, 0.6) is 0 Å². The van der Waals surface area contributed by atoms with Crippen molar-refractivity contribution in [1.82, 2.24) is 20.2 Å². The number of amides is 2. The van der Waals surface area contributed by atoms with Crippen molar-refractivity contribution in [3.05, 3.63) is 64.2 Å². The first-order valence-corrected chi connectivity index (χ1v) is 10.3. The molecule has 0 spiro atoms. The summed E-state index contributed by atoms with van der Waals surface area (Å²) in [5.41, 5.74) is 3.31. The topological polar surface area (TPSA) is 78.1 Å². The first kappa shape index (κ1) is 18.4. The highest BCUT2D eigenvalue weighted by molar-refractivity contribution is 7.10. The van der Waals surface area contributed by atoms with Gasteiger partial charge in [0.05, 0.1) is 12.1 Å². The van der Waals surface area contributed by atoms with Gasteiger partial charge in [-0.3, -0.25) is 9.59 Å². The van der Waals surface area contributed by atoms with Crippen LogP contribution in [0.2, 0.25) is 0 Å². The van der Waals surface area contributed by atoms with E-state index in [0.29, 0.717) is 12.2 Å². The standard InChI is InChI=1S/C21H22N4O2S/c26-19(23-12-15-6-2-1-3-7-15)11-20-24-18(14-28-20)16-10-17(22-13-16)21(27)25-8-4-5-9-25/h1-3,6-7,10,13-14,22H,4-5,8-9,11-12H2,(H,23,26). The van der Waals surface area contributed by atoms with E-state index in [1.807, 2.05) is 46.7 Å². The van der Waals surface area contributed by atoms with Crippen LogP contribution in [0.15, 0.2) is 48.0 Å². The number of nitrogens with one attached hydrogen (secondary N) is 2. The maximum absolute atomic E-state index is 12.5. The van der Waals surface area contributed by atoms with Gasteiger partial charge in [0.15, 0.2) is 0 Å². The molecule has 0 aliphatic carbocycles. The van der Waals surface area contributed by atoms with E-state index >= 15 is 0 Å². The Bertz CT molecular complexity index is 958. The molecule has 2 aromatic heterocycles. The summed E-state index contributed by atoms with van der Waals surface area (Å²) in [5, 5.41) is 5.60. The highest BCUT2D eigenvalue weighted by Crippen LogP contribution is 2.24. The molecule has 1 fully saturated rings. The Balaban J connectivity index is 1.35. The maximum Gasteiger partial charge on any atom is 0.270 e. The molecule has 0 saturated carbocycles. The van der Waals surface area contributed by atoms with E-state index in [2.05, 4.69) is 15.3 Å². The van der Waals surface area contributed by atoms with Crippen molar-refractivity contribution in [3.8, 4) is 11.3 Å². The smallest absolute Gasteiger partial charge is 0.270 e. The maximum atomic E-state index is 12.5. The molecule has 144 valence electrons. The highest BCUT2D eigenvalue weighted by atomic mass is 32.1. The van der Waals surface area contributed by atoms with E-state index < -0.39 is 0 Å².